The number of β-lactam (4-membered cyclic amide) rings is 1. The maximum atomic E-state index is 14.1. The first-order chi connectivity index (χ1) is 31.8. The summed E-state index contributed by atoms with van der Waals surface area (Å²) >= 11 is 1.24. The topological polar surface area (TPSA) is 195 Å². The van der Waals surface area contributed by atoms with Crippen LogP contribution in [0.3, 0.4) is 0 Å². The van der Waals surface area contributed by atoms with Crippen LogP contribution in [-0.2, 0) is 57.1 Å². The molecule has 2 aliphatic heterocycles. The zero-order chi connectivity index (χ0) is 48.0. The third kappa shape index (κ3) is 11.7. The summed E-state index contributed by atoms with van der Waals surface area (Å²) in [5.41, 5.74) is 2.29. The second-order valence-electron chi connectivity index (χ2n) is 18.4. The molecule has 2 atom stereocenters. The number of nitrogens with zero attached hydrogens (tertiary/aromatic N) is 4. The summed E-state index contributed by atoms with van der Waals surface area (Å²) in [6.07, 6.45) is 1.98. The van der Waals surface area contributed by atoms with Gasteiger partial charge >= 0.3 is 16.4 Å². The number of anilines is 1. The maximum absolute atomic E-state index is 14.1. The molecule has 67 heavy (non-hydrogen) atoms. The third-order valence-electron chi connectivity index (χ3n) is 11.7. The monoisotopic (exact) mass is 953 g/mol. The van der Waals surface area contributed by atoms with E-state index in [1.54, 1.807) is 5.38 Å². The first-order valence-electron chi connectivity index (χ1n) is 22.0. The van der Waals surface area contributed by atoms with Crippen LogP contribution < -0.4 is 15.4 Å². The number of oxime groups is 1. The fraction of sp³-hybridized carbons (Fsp3) is 0.367. The first-order valence-corrected chi connectivity index (χ1v) is 24.2. The predicted molar refractivity (Wildman–Crippen MR) is 253 cm³/mol. The lowest BCUT2D eigenvalue weighted by atomic mass is 9.77. The molecule has 2 amide bonds. The molecule has 1 aromatic heterocycles. The van der Waals surface area contributed by atoms with Crippen molar-refractivity contribution in [2.45, 2.75) is 83.1 Å². The Morgan fingerprint density at radius 1 is 0.925 bits per heavy atom. The smallest absolute Gasteiger partial charge is 0.418 e. The number of carbonyl (C=O) groups is 3. The second kappa shape index (κ2) is 20.0. The number of hydrogen-bond donors (Lipinski definition) is 3. The molecule has 18 heteroatoms. The van der Waals surface area contributed by atoms with Gasteiger partial charge in [0.15, 0.2) is 17.5 Å². The van der Waals surface area contributed by atoms with Gasteiger partial charge in [-0.3, -0.25) is 18.9 Å². The van der Waals surface area contributed by atoms with Gasteiger partial charge < -0.3 is 29.4 Å². The largest absolute Gasteiger partial charge is 0.490 e. The van der Waals surface area contributed by atoms with E-state index in [1.165, 1.54) is 36.3 Å². The molecule has 1 unspecified atom stereocenters. The van der Waals surface area contributed by atoms with E-state index in [0.717, 1.165) is 53.6 Å². The van der Waals surface area contributed by atoms with E-state index >= 15 is 0 Å². The Bertz CT molecular complexity index is 2600. The minimum atomic E-state index is -5.02. The quantitative estimate of drug-likeness (QED) is 0.0115. The number of ether oxygens (including phenoxy) is 2. The Labute approximate surface area is 395 Å². The molecule has 1 fully saturated rings. The first kappa shape index (κ1) is 48.7. The van der Waals surface area contributed by atoms with Crippen molar-refractivity contribution in [1.82, 2.24) is 15.4 Å². The summed E-state index contributed by atoms with van der Waals surface area (Å²) in [4.78, 5) is 50.0. The van der Waals surface area contributed by atoms with Gasteiger partial charge in [-0.25, -0.2) is 4.98 Å². The molecule has 0 spiro atoms. The van der Waals surface area contributed by atoms with Gasteiger partial charge in [0, 0.05) is 23.8 Å². The molecule has 7 rings (SSSR count). The van der Waals surface area contributed by atoms with Gasteiger partial charge in [0.25, 0.3) is 11.8 Å². The predicted octanol–water partition coefficient (Wildman–Crippen LogP) is 6.81. The fourth-order valence-electron chi connectivity index (χ4n) is 8.46. The molecule has 0 aliphatic carbocycles. The number of hydrogen-bond acceptors (Lipinski definition) is 13. The number of fused-ring (bicyclic) bond motifs is 1. The van der Waals surface area contributed by atoms with E-state index in [0.29, 0.717) is 22.4 Å². The van der Waals surface area contributed by atoms with Gasteiger partial charge in [0.05, 0.1) is 32.1 Å². The SMILES string of the molecule is CC(C)(C)OC(=O)CCC[N+]1(C)CCc2cc(OCCO/N=C(\C(=O)N[C@@H]3C(=O)N(OS(=O)(=O)O)C3(C)C)c3csc(NC(c4ccccc4)(c4ccccc4)c4ccccc4)n3)ccc2C1. The van der Waals surface area contributed by atoms with Crippen molar-refractivity contribution in [1.29, 1.82) is 0 Å². The highest BCUT2D eigenvalue weighted by Crippen LogP contribution is 2.41. The average Bonchev–Trinajstić information content (AvgIpc) is 3.75. The second-order valence-corrected chi connectivity index (χ2v) is 20.3. The van der Waals surface area contributed by atoms with Crippen LogP contribution in [0.15, 0.2) is 120 Å². The molecule has 3 N–H and O–H groups in total. The van der Waals surface area contributed by atoms with Crippen molar-refractivity contribution in [3.63, 3.8) is 0 Å². The molecule has 5 aromatic rings. The zero-order valence-electron chi connectivity index (χ0n) is 38.4. The van der Waals surface area contributed by atoms with Crippen molar-refractivity contribution in [3.8, 4) is 5.75 Å². The van der Waals surface area contributed by atoms with Gasteiger partial charge in [0.1, 0.15) is 41.8 Å². The Hall–Kier alpha value is -6.18. The van der Waals surface area contributed by atoms with Crippen molar-refractivity contribution in [2.75, 3.05) is 38.7 Å². The van der Waals surface area contributed by atoms with E-state index in [9.17, 15) is 27.4 Å². The van der Waals surface area contributed by atoms with Crippen LogP contribution in [0, 0.1) is 0 Å². The summed E-state index contributed by atoms with van der Waals surface area (Å²) in [5, 5.41) is 13.1. The number of hydroxylamine groups is 2. The summed E-state index contributed by atoms with van der Waals surface area (Å²) in [7, 11) is -2.81. The molecule has 16 nitrogen and oxygen atoms in total. The highest BCUT2D eigenvalue weighted by atomic mass is 32.3. The van der Waals surface area contributed by atoms with Crippen LogP contribution in [-0.4, -0.2) is 102 Å². The normalized spacial score (nSPS) is 18.3. The van der Waals surface area contributed by atoms with Crippen LogP contribution in [0.2, 0.25) is 0 Å². The highest BCUT2D eigenvalue weighted by Gasteiger charge is 2.58. The molecule has 354 valence electrons. The fourth-order valence-corrected chi connectivity index (χ4v) is 9.66. The number of esters is 1. The van der Waals surface area contributed by atoms with E-state index < -0.39 is 44.9 Å². The minimum Gasteiger partial charge on any atom is -0.490 e. The summed E-state index contributed by atoms with van der Waals surface area (Å²) in [6, 6.07) is 34.6. The number of likely N-dealkylation sites (N-methyl/N-ethyl adjacent to an activating group) is 1. The number of quaternary nitrogens is 1. The van der Waals surface area contributed by atoms with Crippen molar-refractivity contribution in [2.24, 2.45) is 5.16 Å². The molecule has 0 bridgehead atoms. The van der Waals surface area contributed by atoms with Gasteiger partial charge in [-0.05, 0) is 75.1 Å². The lowest BCUT2D eigenvalue weighted by Crippen LogP contribution is -2.76. The Balaban J connectivity index is 1.08. The maximum Gasteiger partial charge on any atom is 0.418 e. The van der Waals surface area contributed by atoms with E-state index in [2.05, 4.69) is 33.2 Å². The molecular formula is C49H57N6O10S2+. The Morgan fingerprint density at radius 3 is 2.10 bits per heavy atom. The van der Waals surface area contributed by atoms with Crippen molar-refractivity contribution in [3.05, 3.63) is 148 Å². The average molecular weight is 954 g/mol. The molecule has 2 aliphatic rings. The summed E-state index contributed by atoms with van der Waals surface area (Å²) in [5.74, 6) is -1.26. The van der Waals surface area contributed by atoms with Gasteiger partial charge in [-0.1, -0.05) is 96.2 Å². The van der Waals surface area contributed by atoms with Crippen LogP contribution in [0.5, 0.6) is 5.75 Å². The Morgan fingerprint density at radius 2 is 1.54 bits per heavy atom. The van der Waals surface area contributed by atoms with Crippen LogP contribution in [0.25, 0.3) is 0 Å². The molecule has 0 radical (unpaired) electrons. The number of rotatable bonds is 19. The number of nitrogens with one attached hydrogen (secondary N) is 2. The number of benzene rings is 4. The van der Waals surface area contributed by atoms with E-state index in [4.69, 9.17) is 19.3 Å². The number of amides is 2. The zero-order valence-corrected chi connectivity index (χ0v) is 40.1. The molecular weight excluding hydrogens is 897 g/mol. The van der Waals surface area contributed by atoms with E-state index in [1.807, 2.05) is 124 Å². The van der Waals surface area contributed by atoms with Crippen molar-refractivity contribution >= 4 is 50.4 Å². The van der Waals surface area contributed by atoms with Crippen LogP contribution >= 0.6 is 11.3 Å². The van der Waals surface area contributed by atoms with Gasteiger partial charge in [0.2, 0.25) is 0 Å². The molecule has 0 saturated carbocycles. The van der Waals surface area contributed by atoms with Crippen LogP contribution in [0.1, 0.15) is 81.0 Å². The number of thiazole rings is 1. The highest BCUT2D eigenvalue weighted by molar-refractivity contribution is 7.80. The minimum absolute atomic E-state index is 0.0569. The lowest BCUT2D eigenvalue weighted by Gasteiger charge is -2.50. The number of aromatic nitrogens is 1. The molecule has 4 aromatic carbocycles. The summed E-state index contributed by atoms with van der Waals surface area (Å²) in [6.45, 7) is 11.2. The van der Waals surface area contributed by atoms with Gasteiger partial charge in [-0.2, -0.15) is 13.5 Å². The Kier molecular flexibility index (Phi) is 14.5. The van der Waals surface area contributed by atoms with Crippen LogP contribution in [0.4, 0.5) is 5.13 Å². The molecule has 1 saturated heterocycles. The summed E-state index contributed by atoms with van der Waals surface area (Å²) < 4.78 is 49.0. The third-order valence-corrected chi connectivity index (χ3v) is 12.8. The van der Waals surface area contributed by atoms with Crippen molar-refractivity contribution < 1.29 is 50.4 Å². The van der Waals surface area contributed by atoms with E-state index in [-0.39, 0.29) is 30.6 Å². The molecule has 3 heterocycles. The standard InChI is InChI=1S/C49H56N6O10S2/c1-47(2,3)64-41(56)23-16-27-55(6)28-26-34-31-39(25-24-35(34)32-55)62-29-30-63-53-42(44(57)51-43-45(58)54(48(43,4)5)65-67(59,60)61)40-33-66-46(50-40)52-49(36-17-10-7-11-18-36,37-19-12-8-13-20-37)38-21-14-9-15-22-38/h7-15,17-22,24-25,31,33,43H,16,23,26-30,32H2,1-6H3,(H2-,50,51,52,57,59,60,61)/p+1/b53-42-/t43-,55?/m1/s1. The lowest BCUT2D eigenvalue weighted by molar-refractivity contribution is -0.924. The number of carbonyl (C=O) groups excluding carboxylic acids is 3. The van der Waals surface area contributed by atoms with Gasteiger partial charge in [-0.15, -0.1) is 15.6 Å².